The van der Waals surface area contributed by atoms with Gasteiger partial charge < -0.3 is 15.2 Å². The molecule has 2 N–H and O–H groups in total. The van der Waals surface area contributed by atoms with Gasteiger partial charge in [0.25, 0.3) is 5.91 Å². The van der Waals surface area contributed by atoms with Crippen LogP contribution in [0.15, 0.2) is 72.8 Å². The van der Waals surface area contributed by atoms with Gasteiger partial charge >= 0.3 is 0 Å². The minimum atomic E-state index is -0.558. The van der Waals surface area contributed by atoms with Gasteiger partial charge in [-0.15, -0.1) is 0 Å². The van der Waals surface area contributed by atoms with E-state index in [4.69, 9.17) is 0 Å². The second kappa shape index (κ2) is 7.09. The average molecular weight is 422 g/mol. The topological polar surface area (TPSA) is 65.2 Å². The lowest BCUT2D eigenvalue weighted by Gasteiger charge is -2.37. The molecule has 0 fully saturated rings. The lowest BCUT2D eigenvalue weighted by molar-refractivity contribution is -0.126. The number of rotatable bonds is 3. The number of para-hydroxylation sites is 1. The minimum absolute atomic E-state index is 0.0783. The maximum absolute atomic E-state index is 13.4. The Morgan fingerprint density at radius 2 is 1.78 bits per heavy atom. The summed E-state index contributed by atoms with van der Waals surface area (Å²) in [6, 6.07) is 23.1. The fraction of sp³-hybridized carbons (Fsp3) is 0.185. The number of H-pyrrole nitrogens is 1. The number of amides is 2. The van der Waals surface area contributed by atoms with Crippen LogP contribution < -0.4 is 5.32 Å². The fourth-order valence-corrected chi connectivity index (χ4v) is 5.15. The van der Waals surface area contributed by atoms with Gasteiger partial charge in [0.2, 0.25) is 5.91 Å². The number of carbonyl (C=O) groups is 2. The Morgan fingerprint density at radius 3 is 2.62 bits per heavy atom. The number of carbonyl (C=O) groups excluding carboxylic acids is 2. The molecule has 1 aromatic heterocycles. The molecule has 0 spiro atoms. The van der Waals surface area contributed by atoms with Gasteiger partial charge in [-0.3, -0.25) is 9.59 Å². The van der Waals surface area contributed by atoms with Crippen LogP contribution in [0.1, 0.15) is 44.3 Å². The molecular formula is C27H23N3O2. The van der Waals surface area contributed by atoms with Crippen molar-refractivity contribution in [1.29, 1.82) is 0 Å². The van der Waals surface area contributed by atoms with E-state index in [1.807, 2.05) is 73.7 Å². The zero-order valence-corrected chi connectivity index (χ0v) is 17.8. The molecule has 4 aromatic rings. The van der Waals surface area contributed by atoms with Gasteiger partial charge in [0.05, 0.1) is 6.04 Å². The Hall–Kier alpha value is -3.86. The van der Waals surface area contributed by atoms with Crippen LogP contribution in [0.25, 0.3) is 10.9 Å². The van der Waals surface area contributed by atoms with E-state index in [1.165, 1.54) is 5.56 Å². The predicted octanol–water partition coefficient (Wildman–Crippen LogP) is 4.26. The van der Waals surface area contributed by atoms with Crippen molar-refractivity contribution in [3.63, 3.8) is 0 Å². The number of benzene rings is 3. The third-order valence-electron chi connectivity index (χ3n) is 6.74. The molecule has 2 atom stereocenters. The number of hydrogen-bond acceptors (Lipinski definition) is 2. The fourth-order valence-electron chi connectivity index (χ4n) is 5.15. The van der Waals surface area contributed by atoms with E-state index >= 15 is 0 Å². The summed E-state index contributed by atoms with van der Waals surface area (Å²) in [5, 5.41) is 4.20. The van der Waals surface area contributed by atoms with Crippen LogP contribution in [0.4, 0.5) is 0 Å². The van der Waals surface area contributed by atoms with Gasteiger partial charge in [0.15, 0.2) is 0 Å². The van der Waals surface area contributed by atoms with E-state index in [0.29, 0.717) is 18.5 Å². The summed E-state index contributed by atoms with van der Waals surface area (Å²) in [6.07, 6.45) is 0.495. The second-order valence-electron chi connectivity index (χ2n) is 8.69. The third-order valence-corrected chi connectivity index (χ3v) is 6.74. The minimum Gasteiger partial charge on any atom is -0.356 e. The third kappa shape index (κ3) is 2.78. The molecule has 32 heavy (non-hydrogen) atoms. The van der Waals surface area contributed by atoms with E-state index in [2.05, 4.69) is 16.4 Å². The summed E-state index contributed by atoms with van der Waals surface area (Å²) in [5.41, 5.74) is 7.05. The van der Waals surface area contributed by atoms with Gasteiger partial charge in [-0.1, -0.05) is 66.2 Å². The van der Waals surface area contributed by atoms with Crippen LogP contribution in [-0.4, -0.2) is 27.7 Å². The predicted molar refractivity (Wildman–Crippen MR) is 123 cm³/mol. The highest BCUT2D eigenvalue weighted by atomic mass is 16.2. The first-order valence-electron chi connectivity index (χ1n) is 11.0. The molecule has 3 aromatic carbocycles. The molecule has 2 amide bonds. The van der Waals surface area contributed by atoms with Gasteiger partial charge in [0, 0.05) is 35.1 Å². The number of hydrogen-bond donors (Lipinski definition) is 2. The molecule has 6 rings (SSSR count). The monoisotopic (exact) mass is 421 g/mol. The van der Waals surface area contributed by atoms with Gasteiger partial charge in [-0.2, -0.15) is 0 Å². The molecule has 0 radical (unpaired) electrons. The molecule has 0 bridgehead atoms. The van der Waals surface area contributed by atoms with E-state index < -0.39 is 6.04 Å². The molecule has 0 unspecified atom stereocenters. The Kier molecular flexibility index (Phi) is 4.18. The molecule has 0 saturated carbocycles. The van der Waals surface area contributed by atoms with Crippen LogP contribution in [0.3, 0.4) is 0 Å². The molecule has 2 aliphatic heterocycles. The average Bonchev–Trinajstić information content (AvgIpc) is 3.34. The van der Waals surface area contributed by atoms with Crippen LogP contribution >= 0.6 is 0 Å². The molecule has 5 heteroatoms. The summed E-state index contributed by atoms with van der Waals surface area (Å²) in [7, 11) is 0. The summed E-state index contributed by atoms with van der Waals surface area (Å²) in [6.45, 7) is 2.48. The van der Waals surface area contributed by atoms with Crippen LogP contribution in [0.2, 0.25) is 0 Å². The SMILES string of the molecule is Cc1ccc(CNC(=O)[C@@H]2Cc3c([nH]c4ccccc34)[C@@H]3c4ccccc4C(=O)N32)cc1. The number of nitrogens with zero attached hydrogens (tertiary/aromatic N) is 1. The summed E-state index contributed by atoms with van der Waals surface area (Å²) in [4.78, 5) is 32.2. The highest BCUT2D eigenvalue weighted by molar-refractivity contribution is 6.03. The maximum Gasteiger partial charge on any atom is 0.255 e. The molecule has 5 nitrogen and oxygen atoms in total. The molecule has 0 aliphatic carbocycles. The van der Waals surface area contributed by atoms with Crippen molar-refractivity contribution in [2.45, 2.75) is 32.0 Å². The van der Waals surface area contributed by atoms with Gasteiger partial charge in [0.1, 0.15) is 6.04 Å². The van der Waals surface area contributed by atoms with Crippen molar-refractivity contribution in [2.24, 2.45) is 0 Å². The Bertz CT molecular complexity index is 1370. The first-order valence-corrected chi connectivity index (χ1v) is 11.0. The van der Waals surface area contributed by atoms with Crippen molar-refractivity contribution < 1.29 is 9.59 Å². The van der Waals surface area contributed by atoms with Gasteiger partial charge in [-0.25, -0.2) is 0 Å². The normalized spacial score (nSPS) is 18.9. The molecule has 0 saturated heterocycles. The van der Waals surface area contributed by atoms with Crippen molar-refractivity contribution >= 4 is 22.7 Å². The molecule has 158 valence electrons. The smallest absolute Gasteiger partial charge is 0.255 e. The maximum atomic E-state index is 13.4. The number of aromatic nitrogens is 1. The summed E-state index contributed by atoms with van der Waals surface area (Å²) >= 11 is 0. The van der Waals surface area contributed by atoms with Crippen LogP contribution in [0, 0.1) is 6.92 Å². The first kappa shape index (κ1) is 18.9. The highest BCUT2D eigenvalue weighted by Crippen LogP contribution is 2.46. The summed E-state index contributed by atoms with van der Waals surface area (Å²) < 4.78 is 0. The lowest BCUT2D eigenvalue weighted by atomic mass is 9.90. The molecule has 3 heterocycles. The van der Waals surface area contributed by atoms with Gasteiger partial charge in [-0.05, 0) is 35.7 Å². The zero-order chi connectivity index (χ0) is 21.8. The van der Waals surface area contributed by atoms with Crippen LogP contribution in [0.5, 0.6) is 0 Å². The van der Waals surface area contributed by atoms with E-state index in [-0.39, 0.29) is 17.9 Å². The zero-order valence-electron chi connectivity index (χ0n) is 17.8. The largest absolute Gasteiger partial charge is 0.356 e. The molecule has 2 aliphatic rings. The molecular weight excluding hydrogens is 398 g/mol. The number of fused-ring (bicyclic) bond motifs is 7. The second-order valence-corrected chi connectivity index (χ2v) is 8.69. The van der Waals surface area contributed by atoms with E-state index in [9.17, 15) is 9.59 Å². The lowest BCUT2D eigenvalue weighted by Crippen LogP contribution is -2.52. The Labute approximate surface area is 186 Å². The van der Waals surface area contributed by atoms with E-state index in [1.54, 1.807) is 4.90 Å². The Morgan fingerprint density at radius 1 is 1.03 bits per heavy atom. The number of aryl methyl sites for hydroxylation is 1. The van der Waals surface area contributed by atoms with E-state index in [0.717, 1.165) is 33.3 Å². The first-order chi connectivity index (χ1) is 15.6. The van der Waals surface area contributed by atoms with Crippen molar-refractivity contribution in [2.75, 3.05) is 0 Å². The summed E-state index contributed by atoms with van der Waals surface area (Å²) in [5.74, 6) is -0.196. The Balaban J connectivity index is 1.41. The van der Waals surface area contributed by atoms with Crippen molar-refractivity contribution in [3.05, 3.63) is 106 Å². The van der Waals surface area contributed by atoms with Crippen LogP contribution in [-0.2, 0) is 17.8 Å². The number of aromatic amines is 1. The standard InChI is InChI=1S/C27H23N3O2/c1-16-10-12-17(13-11-16)15-28-26(31)23-14-21-18-6-4-5-9-22(18)29-24(21)25-19-7-2-3-8-20(19)27(32)30(23)25/h2-13,23,25,29H,14-15H2,1H3,(H,28,31)/t23-,25-/m0/s1. The number of nitrogens with one attached hydrogen (secondary N) is 2. The quantitative estimate of drug-likeness (QED) is 0.519. The van der Waals surface area contributed by atoms with Crippen molar-refractivity contribution in [1.82, 2.24) is 15.2 Å². The van der Waals surface area contributed by atoms with Crippen molar-refractivity contribution in [3.8, 4) is 0 Å². The highest BCUT2D eigenvalue weighted by Gasteiger charge is 2.48.